The average Bonchev–Trinajstić information content (AvgIpc) is 2.82. The van der Waals surface area contributed by atoms with E-state index in [-0.39, 0.29) is 5.82 Å². The first-order valence-corrected chi connectivity index (χ1v) is 6.52. The maximum Gasteiger partial charge on any atom is 0.137 e. The Kier molecular flexibility index (Phi) is 4.47. The van der Waals surface area contributed by atoms with Crippen molar-refractivity contribution in [3.8, 4) is 16.3 Å². The predicted molar refractivity (Wildman–Crippen MR) is 72.7 cm³/mol. The molecule has 0 aliphatic heterocycles. The topological polar surface area (TPSA) is 57.4 Å². The van der Waals surface area contributed by atoms with Gasteiger partial charge in [-0.25, -0.2) is 9.37 Å². The summed E-state index contributed by atoms with van der Waals surface area (Å²) in [4.78, 5) is 5.30. The number of hydrogen-bond donors (Lipinski definition) is 1. The van der Waals surface area contributed by atoms with Crippen molar-refractivity contribution in [3.63, 3.8) is 0 Å². The third-order valence-corrected chi connectivity index (χ3v) is 3.80. The van der Waals surface area contributed by atoms with Crippen LogP contribution < -0.4 is 10.5 Å². The molecule has 0 saturated carbocycles. The lowest BCUT2D eigenvalue weighted by molar-refractivity contribution is 0.181. The van der Waals surface area contributed by atoms with E-state index in [9.17, 15) is 4.39 Å². The molecule has 0 atom stereocenters. The Hall–Kier alpha value is -1.50. The van der Waals surface area contributed by atoms with Gasteiger partial charge in [-0.1, -0.05) is 0 Å². The minimum atomic E-state index is -0.361. The van der Waals surface area contributed by atoms with Crippen LogP contribution >= 0.6 is 11.3 Å². The Morgan fingerprint density at radius 3 is 2.74 bits per heavy atom. The Morgan fingerprint density at radius 2 is 2.16 bits per heavy atom. The van der Waals surface area contributed by atoms with Gasteiger partial charge in [0, 0.05) is 30.2 Å². The van der Waals surface area contributed by atoms with E-state index in [2.05, 4.69) is 4.98 Å². The number of thiazole rings is 1. The number of nitrogens with zero attached hydrogens (tertiary/aromatic N) is 1. The van der Waals surface area contributed by atoms with E-state index in [1.165, 1.54) is 24.5 Å². The highest BCUT2D eigenvalue weighted by molar-refractivity contribution is 7.15. The Labute approximate surface area is 115 Å². The highest BCUT2D eigenvalue weighted by Crippen LogP contribution is 2.31. The summed E-state index contributed by atoms with van der Waals surface area (Å²) in [5.74, 6) is 0.120. The molecule has 2 N–H and O–H groups in total. The Balaban J connectivity index is 2.41. The first-order chi connectivity index (χ1) is 9.19. The summed E-state index contributed by atoms with van der Waals surface area (Å²) in [5, 5.41) is 0.604. The summed E-state index contributed by atoms with van der Waals surface area (Å²) < 4.78 is 24.0. The van der Waals surface area contributed by atoms with Crippen LogP contribution in [0.2, 0.25) is 0 Å². The Bertz CT molecular complexity index is 572. The second-order valence-electron chi connectivity index (χ2n) is 3.87. The van der Waals surface area contributed by atoms with Crippen LogP contribution in [0.5, 0.6) is 5.75 Å². The monoisotopic (exact) mass is 282 g/mol. The summed E-state index contributed by atoms with van der Waals surface area (Å²) in [7, 11) is 3.09. The van der Waals surface area contributed by atoms with Gasteiger partial charge in [0.05, 0.1) is 19.4 Å². The zero-order chi connectivity index (χ0) is 13.8. The second kappa shape index (κ2) is 6.10. The van der Waals surface area contributed by atoms with Crippen molar-refractivity contribution in [2.45, 2.75) is 13.2 Å². The number of methoxy groups -OCH3 is 2. The quantitative estimate of drug-likeness (QED) is 0.915. The van der Waals surface area contributed by atoms with Crippen molar-refractivity contribution in [2.24, 2.45) is 5.73 Å². The van der Waals surface area contributed by atoms with E-state index in [1.807, 2.05) is 0 Å². The summed E-state index contributed by atoms with van der Waals surface area (Å²) in [5.41, 5.74) is 6.87. The minimum Gasteiger partial charge on any atom is -0.497 e. The molecule has 0 aliphatic carbocycles. The van der Waals surface area contributed by atoms with Gasteiger partial charge >= 0.3 is 0 Å². The van der Waals surface area contributed by atoms with Gasteiger partial charge in [0.1, 0.15) is 16.6 Å². The zero-order valence-electron chi connectivity index (χ0n) is 10.8. The van der Waals surface area contributed by atoms with Crippen molar-refractivity contribution in [1.29, 1.82) is 0 Å². The fourth-order valence-electron chi connectivity index (χ4n) is 1.70. The van der Waals surface area contributed by atoms with Crippen LogP contribution in [0, 0.1) is 5.82 Å². The molecule has 0 unspecified atom stereocenters. The Morgan fingerprint density at radius 1 is 1.37 bits per heavy atom. The molecule has 0 bridgehead atoms. The summed E-state index contributed by atoms with van der Waals surface area (Å²) >= 11 is 1.38. The molecule has 2 rings (SSSR count). The molecule has 6 heteroatoms. The molecule has 4 nitrogen and oxygen atoms in total. The van der Waals surface area contributed by atoms with Crippen LogP contribution in [-0.4, -0.2) is 19.2 Å². The normalized spacial score (nSPS) is 10.7. The molecular weight excluding hydrogens is 267 g/mol. The molecule has 0 saturated heterocycles. The number of rotatable bonds is 5. The minimum absolute atomic E-state index is 0.361. The van der Waals surface area contributed by atoms with Crippen molar-refractivity contribution in [3.05, 3.63) is 34.6 Å². The van der Waals surface area contributed by atoms with Crippen LogP contribution in [0.25, 0.3) is 10.6 Å². The van der Waals surface area contributed by atoms with Gasteiger partial charge in [0.25, 0.3) is 0 Å². The maximum absolute atomic E-state index is 14.0. The lowest BCUT2D eigenvalue weighted by Gasteiger charge is -2.02. The molecule has 19 heavy (non-hydrogen) atoms. The van der Waals surface area contributed by atoms with Crippen LogP contribution in [0.15, 0.2) is 18.2 Å². The molecule has 1 heterocycles. The van der Waals surface area contributed by atoms with Gasteiger partial charge in [-0.2, -0.15) is 0 Å². The van der Waals surface area contributed by atoms with Gasteiger partial charge in [-0.3, -0.25) is 0 Å². The molecule has 1 aromatic heterocycles. The fraction of sp³-hybridized carbons (Fsp3) is 0.308. The highest BCUT2D eigenvalue weighted by atomic mass is 32.1. The highest BCUT2D eigenvalue weighted by Gasteiger charge is 2.14. The lowest BCUT2D eigenvalue weighted by Crippen LogP contribution is -1.99. The average molecular weight is 282 g/mol. The molecule has 1 aromatic carbocycles. The van der Waals surface area contributed by atoms with Gasteiger partial charge in [0.15, 0.2) is 0 Å². The first kappa shape index (κ1) is 13.9. The smallest absolute Gasteiger partial charge is 0.137 e. The number of benzene rings is 1. The van der Waals surface area contributed by atoms with E-state index >= 15 is 0 Å². The number of ether oxygens (including phenoxy) is 2. The summed E-state index contributed by atoms with van der Waals surface area (Å²) in [6, 6.07) is 4.71. The standard InChI is InChI=1S/C13H15FN2O2S/c1-17-7-11-12(6-15)19-13(16-11)9-4-3-8(18-2)5-10(9)14/h3-5H,6-7,15H2,1-2H3. The molecule has 2 aromatic rings. The largest absolute Gasteiger partial charge is 0.497 e. The van der Waals surface area contributed by atoms with E-state index < -0.39 is 0 Å². The van der Waals surface area contributed by atoms with Crippen LogP contribution in [0.4, 0.5) is 4.39 Å². The number of hydrogen-bond acceptors (Lipinski definition) is 5. The molecule has 0 fully saturated rings. The van der Waals surface area contributed by atoms with Gasteiger partial charge in [-0.05, 0) is 12.1 Å². The number of halogens is 1. The van der Waals surface area contributed by atoms with Crippen molar-refractivity contribution >= 4 is 11.3 Å². The van der Waals surface area contributed by atoms with Crippen molar-refractivity contribution in [1.82, 2.24) is 4.98 Å². The zero-order valence-corrected chi connectivity index (χ0v) is 11.6. The van der Waals surface area contributed by atoms with Crippen LogP contribution in [0.1, 0.15) is 10.6 Å². The van der Waals surface area contributed by atoms with E-state index in [0.29, 0.717) is 29.5 Å². The first-order valence-electron chi connectivity index (χ1n) is 5.71. The van der Waals surface area contributed by atoms with E-state index in [1.54, 1.807) is 19.2 Å². The SMILES string of the molecule is COCc1nc(-c2ccc(OC)cc2F)sc1CN. The fourth-order valence-corrected chi connectivity index (χ4v) is 2.67. The molecule has 102 valence electrons. The van der Waals surface area contributed by atoms with Gasteiger partial charge < -0.3 is 15.2 Å². The summed E-state index contributed by atoms with van der Waals surface area (Å²) in [6.07, 6.45) is 0. The molecule has 0 aliphatic rings. The molecule has 0 radical (unpaired) electrons. The van der Waals surface area contributed by atoms with Crippen molar-refractivity contribution < 1.29 is 13.9 Å². The van der Waals surface area contributed by atoms with Crippen LogP contribution in [0.3, 0.4) is 0 Å². The van der Waals surface area contributed by atoms with Gasteiger partial charge in [0.2, 0.25) is 0 Å². The summed E-state index contributed by atoms with van der Waals surface area (Å²) in [6.45, 7) is 0.745. The molecule has 0 amide bonds. The molecule has 0 spiro atoms. The van der Waals surface area contributed by atoms with Crippen LogP contribution in [-0.2, 0) is 17.9 Å². The third-order valence-electron chi connectivity index (χ3n) is 2.65. The number of nitrogens with two attached hydrogens (primary N) is 1. The lowest BCUT2D eigenvalue weighted by atomic mass is 10.2. The van der Waals surface area contributed by atoms with E-state index in [0.717, 1.165) is 10.6 Å². The third kappa shape index (κ3) is 2.91. The van der Waals surface area contributed by atoms with Crippen molar-refractivity contribution in [2.75, 3.05) is 14.2 Å². The van der Waals surface area contributed by atoms with E-state index in [4.69, 9.17) is 15.2 Å². The maximum atomic E-state index is 14.0. The number of aromatic nitrogens is 1. The van der Waals surface area contributed by atoms with Gasteiger partial charge in [-0.15, -0.1) is 11.3 Å². The second-order valence-corrected chi connectivity index (χ2v) is 4.96. The predicted octanol–water partition coefficient (Wildman–Crippen LogP) is 2.56. The molecular formula is C13H15FN2O2S.